The summed E-state index contributed by atoms with van der Waals surface area (Å²) in [4.78, 5) is 18.9. The summed E-state index contributed by atoms with van der Waals surface area (Å²) in [5.41, 5.74) is 3.15. The van der Waals surface area contributed by atoms with Gasteiger partial charge in [-0.25, -0.2) is 4.98 Å². The number of amides is 1. The van der Waals surface area contributed by atoms with Crippen molar-refractivity contribution in [2.45, 2.75) is 13.5 Å². The topological polar surface area (TPSA) is 63.7 Å². The second-order valence-corrected chi connectivity index (χ2v) is 6.36. The zero-order chi connectivity index (χ0) is 20.6. The Labute approximate surface area is 171 Å². The molecule has 0 saturated carbocycles. The van der Waals surface area contributed by atoms with Gasteiger partial charge in [0, 0.05) is 18.8 Å². The van der Waals surface area contributed by atoms with Gasteiger partial charge in [-0.3, -0.25) is 4.79 Å². The Hall–Kier alpha value is -3.54. The van der Waals surface area contributed by atoms with E-state index in [1.807, 2.05) is 61.5 Å². The van der Waals surface area contributed by atoms with Crippen LogP contribution in [-0.2, 0) is 6.54 Å². The van der Waals surface area contributed by atoms with Gasteiger partial charge in [0.25, 0.3) is 5.91 Å². The number of anilines is 2. The minimum absolute atomic E-state index is 0.120. The summed E-state index contributed by atoms with van der Waals surface area (Å²) in [5, 5.41) is 3.31. The maximum Gasteiger partial charge on any atom is 0.276 e. The normalized spacial score (nSPS) is 10.3. The molecule has 1 N–H and O–H groups in total. The molecule has 0 bridgehead atoms. The van der Waals surface area contributed by atoms with Gasteiger partial charge in [-0.15, -0.1) is 0 Å². The van der Waals surface area contributed by atoms with Gasteiger partial charge in [-0.1, -0.05) is 24.3 Å². The van der Waals surface area contributed by atoms with Gasteiger partial charge < -0.3 is 19.7 Å². The number of hydrogen-bond donors (Lipinski definition) is 1. The van der Waals surface area contributed by atoms with Crippen molar-refractivity contribution in [2.75, 3.05) is 31.0 Å². The first-order valence-corrected chi connectivity index (χ1v) is 9.44. The number of pyridine rings is 1. The van der Waals surface area contributed by atoms with Crippen LogP contribution in [0.1, 0.15) is 23.0 Å². The molecule has 3 aromatic rings. The fourth-order valence-electron chi connectivity index (χ4n) is 3.01. The lowest BCUT2D eigenvalue weighted by molar-refractivity contribution is 0.0983. The number of aromatic nitrogens is 1. The van der Waals surface area contributed by atoms with E-state index in [0.717, 1.165) is 16.9 Å². The number of nitrogens with one attached hydrogen (secondary N) is 1. The van der Waals surface area contributed by atoms with E-state index in [0.29, 0.717) is 30.3 Å². The summed E-state index contributed by atoms with van der Waals surface area (Å²) in [6.07, 6.45) is 1.67. The second kappa shape index (κ2) is 9.59. The summed E-state index contributed by atoms with van der Waals surface area (Å²) in [7, 11) is 3.23. The zero-order valence-corrected chi connectivity index (χ0v) is 16.9. The average molecular weight is 391 g/mol. The Morgan fingerprint density at radius 3 is 2.38 bits per heavy atom. The fraction of sp³-hybridized carbons (Fsp3) is 0.217. The van der Waals surface area contributed by atoms with E-state index in [4.69, 9.17) is 9.47 Å². The Kier molecular flexibility index (Phi) is 6.68. The molecule has 0 radical (unpaired) electrons. The highest BCUT2D eigenvalue weighted by atomic mass is 16.5. The third kappa shape index (κ3) is 4.85. The summed E-state index contributed by atoms with van der Waals surface area (Å²) in [5.74, 6) is 1.26. The van der Waals surface area contributed by atoms with Crippen molar-refractivity contribution in [3.63, 3.8) is 0 Å². The fourth-order valence-corrected chi connectivity index (χ4v) is 3.01. The molecule has 150 valence electrons. The van der Waals surface area contributed by atoms with Crippen LogP contribution in [-0.4, -0.2) is 31.7 Å². The first-order valence-electron chi connectivity index (χ1n) is 9.44. The number of carbonyl (C=O) groups excluding carboxylic acids is 1. The average Bonchev–Trinajstić information content (AvgIpc) is 2.79. The molecule has 0 aliphatic carbocycles. The van der Waals surface area contributed by atoms with Crippen molar-refractivity contribution in [1.82, 2.24) is 4.98 Å². The summed E-state index contributed by atoms with van der Waals surface area (Å²) >= 11 is 0. The van der Waals surface area contributed by atoms with E-state index in [1.54, 1.807) is 31.4 Å². The monoisotopic (exact) mass is 391 g/mol. The maximum atomic E-state index is 12.8. The van der Waals surface area contributed by atoms with Crippen LogP contribution in [0.2, 0.25) is 0 Å². The van der Waals surface area contributed by atoms with Crippen molar-refractivity contribution in [3.8, 4) is 11.5 Å². The molecule has 6 heteroatoms. The Balaban J connectivity index is 1.66. The Morgan fingerprint density at radius 2 is 1.76 bits per heavy atom. The summed E-state index contributed by atoms with van der Waals surface area (Å²) in [6, 6.07) is 19.0. The van der Waals surface area contributed by atoms with Crippen LogP contribution in [0.3, 0.4) is 0 Å². The predicted molar refractivity (Wildman–Crippen MR) is 115 cm³/mol. The quantitative estimate of drug-likeness (QED) is 0.617. The van der Waals surface area contributed by atoms with Gasteiger partial charge in [0.15, 0.2) is 11.5 Å². The van der Waals surface area contributed by atoms with E-state index in [2.05, 4.69) is 10.3 Å². The number of carbonyl (C=O) groups is 1. The van der Waals surface area contributed by atoms with Gasteiger partial charge in [-0.05, 0) is 48.9 Å². The minimum atomic E-state index is -0.120. The van der Waals surface area contributed by atoms with Crippen LogP contribution in [0.4, 0.5) is 11.4 Å². The number of rotatable bonds is 8. The molecule has 0 saturated heterocycles. The van der Waals surface area contributed by atoms with Crippen LogP contribution in [0, 0.1) is 0 Å². The molecule has 2 aromatic carbocycles. The number of nitrogens with zero attached hydrogens (tertiary/aromatic N) is 2. The molecule has 1 heterocycles. The highest BCUT2D eigenvalue weighted by Gasteiger charge is 2.17. The number of hydrogen-bond acceptors (Lipinski definition) is 5. The molecule has 0 atom stereocenters. The highest BCUT2D eigenvalue weighted by Crippen LogP contribution is 2.27. The van der Waals surface area contributed by atoms with Crippen LogP contribution >= 0.6 is 0 Å². The first-order chi connectivity index (χ1) is 14.2. The van der Waals surface area contributed by atoms with Gasteiger partial charge >= 0.3 is 0 Å². The molecule has 29 heavy (non-hydrogen) atoms. The molecule has 6 nitrogen and oxygen atoms in total. The van der Waals surface area contributed by atoms with Crippen LogP contribution < -0.4 is 19.7 Å². The Bertz CT molecular complexity index is 943. The first kappa shape index (κ1) is 20.2. The third-order valence-corrected chi connectivity index (χ3v) is 4.56. The van der Waals surface area contributed by atoms with E-state index < -0.39 is 0 Å². The van der Waals surface area contributed by atoms with Crippen molar-refractivity contribution >= 4 is 17.3 Å². The summed E-state index contributed by atoms with van der Waals surface area (Å²) in [6.45, 7) is 3.12. The largest absolute Gasteiger partial charge is 0.493 e. The zero-order valence-electron chi connectivity index (χ0n) is 16.9. The number of methoxy groups -OCH3 is 2. The standard InChI is InChI=1S/C23H25N3O3/c1-4-26(19-8-6-5-7-9-19)23(27)20-12-11-18(16-25-20)24-15-17-10-13-21(28-2)22(14-17)29-3/h5-14,16,24H,4,15H2,1-3H3. The van der Waals surface area contributed by atoms with Gasteiger partial charge in [0.2, 0.25) is 0 Å². The highest BCUT2D eigenvalue weighted by molar-refractivity contribution is 6.04. The predicted octanol–water partition coefficient (Wildman–Crippen LogP) is 4.38. The van der Waals surface area contributed by atoms with Crippen molar-refractivity contribution in [2.24, 2.45) is 0 Å². The van der Waals surface area contributed by atoms with Crippen molar-refractivity contribution in [1.29, 1.82) is 0 Å². The van der Waals surface area contributed by atoms with Crippen LogP contribution in [0.25, 0.3) is 0 Å². The molecule has 0 spiro atoms. The maximum absolute atomic E-state index is 12.8. The van der Waals surface area contributed by atoms with Gasteiger partial charge in [0.1, 0.15) is 5.69 Å². The summed E-state index contributed by atoms with van der Waals surface area (Å²) < 4.78 is 10.6. The van der Waals surface area contributed by atoms with Crippen LogP contribution in [0.15, 0.2) is 66.9 Å². The SMILES string of the molecule is CCN(C(=O)c1ccc(NCc2ccc(OC)c(OC)c2)cn1)c1ccccc1. The number of para-hydroxylation sites is 1. The molecule has 0 aliphatic heterocycles. The minimum Gasteiger partial charge on any atom is -0.493 e. The van der Waals surface area contributed by atoms with Crippen molar-refractivity contribution in [3.05, 3.63) is 78.1 Å². The van der Waals surface area contributed by atoms with Gasteiger partial charge in [-0.2, -0.15) is 0 Å². The lowest BCUT2D eigenvalue weighted by atomic mass is 10.2. The van der Waals surface area contributed by atoms with E-state index in [-0.39, 0.29) is 5.91 Å². The smallest absolute Gasteiger partial charge is 0.276 e. The molecular weight excluding hydrogens is 366 g/mol. The molecule has 3 rings (SSSR count). The van der Waals surface area contributed by atoms with Crippen LogP contribution in [0.5, 0.6) is 11.5 Å². The molecule has 1 aromatic heterocycles. The van der Waals surface area contributed by atoms with E-state index in [1.165, 1.54) is 0 Å². The van der Waals surface area contributed by atoms with Gasteiger partial charge in [0.05, 0.1) is 26.1 Å². The molecule has 0 fully saturated rings. The Morgan fingerprint density at radius 1 is 1.00 bits per heavy atom. The molecule has 0 unspecified atom stereocenters. The third-order valence-electron chi connectivity index (χ3n) is 4.56. The number of ether oxygens (including phenoxy) is 2. The van der Waals surface area contributed by atoms with E-state index in [9.17, 15) is 4.79 Å². The molecule has 1 amide bonds. The van der Waals surface area contributed by atoms with E-state index >= 15 is 0 Å². The lowest BCUT2D eigenvalue weighted by Crippen LogP contribution is -2.31. The number of benzene rings is 2. The lowest BCUT2D eigenvalue weighted by Gasteiger charge is -2.20. The molecule has 0 aliphatic rings. The molecular formula is C23H25N3O3. The van der Waals surface area contributed by atoms with Crippen molar-refractivity contribution < 1.29 is 14.3 Å². The second-order valence-electron chi connectivity index (χ2n) is 6.36.